The molecule has 0 atom stereocenters. The molecule has 1 aromatic heterocycles. The number of pyridine rings is 1. The van der Waals surface area contributed by atoms with Gasteiger partial charge in [-0.2, -0.15) is 13.2 Å². The van der Waals surface area contributed by atoms with Crippen LogP contribution in [0.25, 0.3) is 32.7 Å². The molecule has 1 saturated carbocycles. The van der Waals surface area contributed by atoms with Crippen LogP contribution in [0.1, 0.15) is 36.3 Å². The third kappa shape index (κ3) is 4.35. The van der Waals surface area contributed by atoms with Gasteiger partial charge in [-0.1, -0.05) is 30.7 Å². The van der Waals surface area contributed by atoms with E-state index in [0.717, 1.165) is 42.3 Å². The molecule has 6 rings (SSSR count). The van der Waals surface area contributed by atoms with Gasteiger partial charge < -0.3 is 4.74 Å². The first-order valence-corrected chi connectivity index (χ1v) is 12.1. The number of ether oxygens (including phenoxy) is 1. The van der Waals surface area contributed by atoms with Crippen LogP contribution in [0.5, 0.6) is 11.5 Å². The van der Waals surface area contributed by atoms with Crippen LogP contribution >= 0.6 is 0 Å². The molecule has 1 aliphatic rings. The van der Waals surface area contributed by atoms with Crippen LogP contribution < -0.4 is 15.5 Å². The lowest BCUT2D eigenvalue weighted by Crippen LogP contribution is -2.12. The molecule has 0 bridgehead atoms. The number of anilines is 1. The smallest absolute Gasteiger partial charge is 0.416 e. The van der Waals surface area contributed by atoms with Crippen LogP contribution in [-0.4, -0.2) is 0 Å². The van der Waals surface area contributed by atoms with E-state index in [2.05, 4.69) is 4.98 Å². The first kappa shape index (κ1) is 23.3. The van der Waals surface area contributed by atoms with Crippen molar-refractivity contribution in [2.24, 2.45) is 0 Å². The summed E-state index contributed by atoms with van der Waals surface area (Å²) >= 11 is 0. The van der Waals surface area contributed by atoms with Gasteiger partial charge >= 0.3 is 6.18 Å². The summed E-state index contributed by atoms with van der Waals surface area (Å²) in [5.74, 6) is 0.827. The number of aromatic nitrogens is 1. The van der Waals surface area contributed by atoms with Crippen molar-refractivity contribution in [3.05, 3.63) is 95.9 Å². The topological polar surface area (TPSA) is 49.4 Å². The van der Waals surface area contributed by atoms with Crippen molar-refractivity contribution in [1.82, 2.24) is 0 Å². The second-order valence-electron chi connectivity index (χ2n) is 9.53. The maximum atomic E-state index is 15.9. The highest BCUT2D eigenvalue weighted by Crippen LogP contribution is 2.45. The summed E-state index contributed by atoms with van der Waals surface area (Å²) in [6.45, 7) is 0. The third-order valence-corrected chi connectivity index (χ3v) is 7.13. The minimum absolute atomic E-state index is 0.179. The summed E-state index contributed by atoms with van der Waals surface area (Å²) < 4.78 is 61.8. The number of halogens is 4. The number of nitrogens with two attached hydrogens (primary N) is 1. The minimum Gasteiger partial charge on any atom is -0.454 e. The van der Waals surface area contributed by atoms with E-state index in [9.17, 15) is 13.2 Å². The Hall–Kier alpha value is -4.13. The number of H-pyrrole nitrogens is 1. The van der Waals surface area contributed by atoms with E-state index in [1.165, 1.54) is 6.07 Å². The van der Waals surface area contributed by atoms with E-state index in [1.807, 2.05) is 18.2 Å². The van der Waals surface area contributed by atoms with Crippen LogP contribution in [-0.2, 0) is 6.18 Å². The maximum Gasteiger partial charge on any atom is 0.416 e. The first-order valence-electron chi connectivity index (χ1n) is 12.1. The van der Waals surface area contributed by atoms with Crippen molar-refractivity contribution >= 4 is 27.4 Å². The van der Waals surface area contributed by atoms with Crippen molar-refractivity contribution in [3.63, 3.8) is 0 Å². The maximum absolute atomic E-state index is 15.9. The highest BCUT2D eigenvalue weighted by molar-refractivity contribution is 5.99. The standard InChI is InChI=1S/C30H22F4N2O/c31-28-25(20-6-11-27(35)36-16-20)9-10-26(17-2-1-3-17)29(28)37-24-8-5-19-12-18-4-7-23(30(32,33)34)14-21(18)13-22(19)15-24/h4-17H,1-3H2,(H2,35,36)/p+1. The number of fused-ring (bicyclic) bond motifs is 2. The van der Waals surface area contributed by atoms with Gasteiger partial charge in [-0.25, -0.2) is 9.37 Å². The van der Waals surface area contributed by atoms with Crippen LogP contribution in [0.15, 0.2) is 79.0 Å². The fourth-order valence-electron chi connectivity index (χ4n) is 4.88. The number of nitrogens with one attached hydrogen (secondary N) is 1. The summed E-state index contributed by atoms with van der Waals surface area (Å²) in [7, 11) is 0. The number of benzene rings is 4. The average Bonchev–Trinajstić information content (AvgIpc) is 2.83. The number of hydrogen-bond donors (Lipinski definition) is 1. The van der Waals surface area contributed by atoms with Gasteiger partial charge in [-0.05, 0) is 82.8 Å². The molecule has 1 fully saturated rings. The van der Waals surface area contributed by atoms with E-state index in [0.29, 0.717) is 38.9 Å². The molecule has 7 heteroatoms. The summed E-state index contributed by atoms with van der Waals surface area (Å²) in [5, 5.41) is 2.74. The number of hydrogen-bond acceptors (Lipinski definition) is 2. The van der Waals surface area contributed by atoms with Crippen molar-refractivity contribution in [2.75, 3.05) is 5.73 Å². The normalized spacial score (nSPS) is 14.2. The second kappa shape index (κ2) is 8.76. The van der Waals surface area contributed by atoms with Gasteiger partial charge in [0, 0.05) is 22.8 Å². The number of alkyl halides is 3. The molecule has 3 nitrogen and oxygen atoms in total. The molecule has 0 radical (unpaired) electrons. The van der Waals surface area contributed by atoms with Gasteiger partial charge in [-0.3, -0.25) is 5.73 Å². The fourth-order valence-corrected chi connectivity index (χ4v) is 4.88. The van der Waals surface area contributed by atoms with E-state index in [1.54, 1.807) is 42.6 Å². The fraction of sp³-hybridized carbons (Fsp3) is 0.167. The Kier molecular flexibility index (Phi) is 5.51. The van der Waals surface area contributed by atoms with Crippen LogP contribution in [0.2, 0.25) is 0 Å². The molecule has 4 aromatic carbocycles. The zero-order valence-corrected chi connectivity index (χ0v) is 19.7. The molecule has 5 aromatic rings. The van der Waals surface area contributed by atoms with E-state index in [-0.39, 0.29) is 11.7 Å². The third-order valence-electron chi connectivity index (χ3n) is 7.13. The zero-order valence-electron chi connectivity index (χ0n) is 19.7. The van der Waals surface area contributed by atoms with E-state index in [4.69, 9.17) is 10.5 Å². The number of rotatable bonds is 4. The van der Waals surface area contributed by atoms with Gasteiger partial charge in [0.15, 0.2) is 11.6 Å². The van der Waals surface area contributed by atoms with E-state index < -0.39 is 17.6 Å². The highest BCUT2D eigenvalue weighted by Gasteiger charge is 2.30. The SMILES string of the molecule is Nc1ccc(-c2ccc(C3CCC3)c(Oc3ccc4cc5ccc(C(F)(F)F)cc5cc4c3)c2F)c[nH+]1. The van der Waals surface area contributed by atoms with Crippen LogP contribution in [0.3, 0.4) is 0 Å². The lowest BCUT2D eigenvalue weighted by atomic mass is 9.79. The molecule has 0 unspecified atom stereocenters. The molecule has 0 aliphatic heterocycles. The summed E-state index contributed by atoms with van der Waals surface area (Å²) in [4.78, 5) is 2.90. The Morgan fingerprint density at radius 2 is 1.54 bits per heavy atom. The lowest BCUT2D eigenvalue weighted by molar-refractivity contribution is -0.359. The Morgan fingerprint density at radius 1 is 0.811 bits per heavy atom. The molecule has 186 valence electrons. The summed E-state index contributed by atoms with van der Waals surface area (Å²) in [6.07, 6.45) is 0.253. The molecule has 0 saturated heterocycles. The monoisotopic (exact) mass is 503 g/mol. The largest absolute Gasteiger partial charge is 0.454 e. The van der Waals surface area contributed by atoms with Gasteiger partial charge in [-0.15, -0.1) is 0 Å². The molecule has 37 heavy (non-hydrogen) atoms. The Morgan fingerprint density at radius 3 is 2.22 bits per heavy atom. The van der Waals surface area contributed by atoms with Crippen LogP contribution in [0.4, 0.5) is 23.4 Å². The Labute approximate surface area is 210 Å². The van der Waals surface area contributed by atoms with Gasteiger partial charge in [0.25, 0.3) is 5.82 Å². The van der Waals surface area contributed by atoms with Crippen molar-refractivity contribution in [3.8, 4) is 22.6 Å². The molecule has 1 aliphatic carbocycles. The highest BCUT2D eigenvalue weighted by atomic mass is 19.4. The van der Waals surface area contributed by atoms with Crippen LogP contribution in [0, 0.1) is 5.82 Å². The number of aromatic amines is 1. The summed E-state index contributed by atoms with van der Waals surface area (Å²) in [6, 6.07) is 19.7. The molecule has 0 amide bonds. The zero-order chi connectivity index (χ0) is 25.7. The van der Waals surface area contributed by atoms with Crippen molar-refractivity contribution in [2.45, 2.75) is 31.4 Å². The lowest BCUT2D eigenvalue weighted by Gasteiger charge is -2.28. The first-order chi connectivity index (χ1) is 17.8. The molecular weight excluding hydrogens is 480 g/mol. The second-order valence-corrected chi connectivity index (χ2v) is 9.53. The molecular formula is C30H23F4N2O+. The van der Waals surface area contributed by atoms with E-state index >= 15 is 4.39 Å². The number of nitrogen functional groups attached to an aromatic ring is 1. The average molecular weight is 504 g/mol. The molecule has 1 heterocycles. The Balaban J connectivity index is 1.43. The predicted molar refractivity (Wildman–Crippen MR) is 136 cm³/mol. The van der Waals surface area contributed by atoms with Gasteiger partial charge in [0.2, 0.25) is 0 Å². The minimum atomic E-state index is -4.42. The van der Waals surface area contributed by atoms with Crippen molar-refractivity contribution < 1.29 is 27.3 Å². The molecule has 3 N–H and O–H groups in total. The summed E-state index contributed by atoms with van der Waals surface area (Å²) in [5.41, 5.74) is 6.90. The quantitative estimate of drug-likeness (QED) is 0.198. The Bertz CT molecular complexity index is 1640. The van der Waals surface area contributed by atoms with Gasteiger partial charge in [0.1, 0.15) is 5.75 Å². The van der Waals surface area contributed by atoms with Gasteiger partial charge in [0.05, 0.1) is 11.8 Å². The molecule has 0 spiro atoms. The predicted octanol–water partition coefficient (Wildman–Crippen LogP) is 8.27. The van der Waals surface area contributed by atoms with Crippen molar-refractivity contribution in [1.29, 1.82) is 0 Å².